The average molecular weight is 233 g/mol. The number of rotatable bonds is 7. The third kappa shape index (κ3) is 3.35. The predicted molar refractivity (Wildman–Crippen MR) is 73.7 cm³/mol. The SMILES string of the molecule is CCCCN(c1cccc(NCC)n1)C1CC1. The molecule has 1 aliphatic carbocycles. The van der Waals surface area contributed by atoms with Gasteiger partial charge in [-0.15, -0.1) is 0 Å². The lowest BCUT2D eigenvalue weighted by Gasteiger charge is -2.23. The van der Waals surface area contributed by atoms with Crippen molar-refractivity contribution < 1.29 is 0 Å². The Bertz CT molecular complexity index is 347. The lowest BCUT2D eigenvalue weighted by atomic mass is 10.3. The van der Waals surface area contributed by atoms with Crippen molar-refractivity contribution in [3.05, 3.63) is 18.2 Å². The zero-order valence-corrected chi connectivity index (χ0v) is 10.9. The number of nitrogens with one attached hydrogen (secondary N) is 1. The summed E-state index contributed by atoms with van der Waals surface area (Å²) in [6.45, 7) is 6.41. The molecule has 1 aliphatic rings. The number of hydrogen-bond donors (Lipinski definition) is 1. The van der Waals surface area contributed by atoms with Crippen molar-refractivity contribution >= 4 is 11.6 Å². The summed E-state index contributed by atoms with van der Waals surface area (Å²) in [5.41, 5.74) is 0. The summed E-state index contributed by atoms with van der Waals surface area (Å²) in [7, 11) is 0. The normalized spacial score (nSPS) is 14.7. The van der Waals surface area contributed by atoms with Crippen LogP contribution in [0.25, 0.3) is 0 Å². The average Bonchev–Trinajstić information content (AvgIpc) is 3.15. The fraction of sp³-hybridized carbons (Fsp3) is 0.643. The lowest BCUT2D eigenvalue weighted by molar-refractivity contribution is 0.705. The van der Waals surface area contributed by atoms with E-state index in [0.29, 0.717) is 0 Å². The molecule has 1 aromatic rings. The number of nitrogens with zero attached hydrogens (tertiary/aromatic N) is 2. The van der Waals surface area contributed by atoms with E-state index in [-0.39, 0.29) is 0 Å². The topological polar surface area (TPSA) is 28.2 Å². The van der Waals surface area contributed by atoms with Crippen LogP contribution in [0.5, 0.6) is 0 Å². The number of aromatic nitrogens is 1. The standard InChI is InChI=1S/C14H23N3/c1-3-5-11-17(12-9-10-12)14-8-6-7-13(16-14)15-4-2/h6-8,12H,3-5,9-11H2,1-2H3,(H,15,16). The van der Waals surface area contributed by atoms with Gasteiger partial charge in [-0.1, -0.05) is 19.4 Å². The summed E-state index contributed by atoms with van der Waals surface area (Å²) in [6, 6.07) is 7.01. The fourth-order valence-electron chi connectivity index (χ4n) is 2.06. The van der Waals surface area contributed by atoms with Crippen LogP contribution in [0.3, 0.4) is 0 Å². The van der Waals surface area contributed by atoms with Crippen molar-refractivity contribution in [3.8, 4) is 0 Å². The molecule has 1 N–H and O–H groups in total. The van der Waals surface area contributed by atoms with Crippen LogP contribution in [0.4, 0.5) is 11.6 Å². The Morgan fingerprint density at radius 1 is 1.35 bits per heavy atom. The number of pyridine rings is 1. The van der Waals surface area contributed by atoms with Gasteiger partial charge < -0.3 is 10.2 Å². The molecule has 0 unspecified atom stereocenters. The summed E-state index contributed by atoms with van der Waals surface area (Å²) in [5, 5.41) is 3.28. The maximum atomic E-state index is 4.69. The van der Waals surface area contributed by atoms with E-state index < -0.39 is 0 Å². The fourth-order valence-corrected chi connectivity index (χ4v) is 2.06. The molecule has 3 nitrogen and oxygen atoms in total. The van der Waals surface area contributed by atoms with Gasteiger partial charge in [0.05, 0.1) is 0 Å². The van der Waals surface area contributed by atoms with Gasteiger partial charge in [0, 0.05) is 19.1 Å². The zero-order valence-electron chi connectivity index (χ0n) is 10.9. The van der Waals surface area contributed by atoms with Crippen LogP contribution in [0.1, 0.15) is 39.5 Å². The van der Waals surface area contributed by atoms with Crippen LogP contribution in [0, 0.1) is 0 Å². The van der Waals surface area contributed by atoms with E-state index in [1.807, 2.05) is 6.07 Å². The van der Waals surface area contributed by atoms with Crippen LogP contribution in [0.15, 0.2) is 18.2 Å². The molecule has 94 valence electrons. The molecule has 0 saturated heterocycles. The van der Waals surface area contributed by atoms with Crippen molar-refractivity contribution in [2.24, 2.45) is 0 Å². The van der Waals surface area contributed by atoms with Crippen molar-refractivity contribution in [1.29, 1.82) is 0 Å². The molecule has 0 aromatic carbocycles. The summed E-state index contributed by atoms with van der Waals surface area (Å²) in [4.78, 5) is 7.17. The Hall–Kier alpha value is -1.25. The van der Waals surface area contributed by atoms with Crippen LogP contribution < -0.4 is 10.2 Å². The molecule has 0 atom stereocenters. The first-order valence-electron chi connectivity index (χ1n) is 6.82. The molecule has 0 amide bonds. The molecule has 2 rings (SSSR count). The molecule has 1 saturated carbocycles. The highest BCUT2D eigenvalue weighted by atomic mass is 15.2. The van der Waals surface area contributed by atoms with Crippen LogP contribution in [-0.2, 0) is 0 Å². The summed E-state index contributed by atoms with van der Waals surface area (Å²) in [6.07, 6.45) is 5.16. The molecule has 3 heteroatoms. The highest BCUT2D eigenvalue weighted by Gasteiger charge is 2.29. The van der Waals surface area contributed by atoms with E-state index in [9.17, 15) is 0 Å². The first-order valence-corrected chi connectivity index (χ1v) is 6.82. The predicted octanol–water partition coefficient (Wildman–Crippen LogP) is 3.28. The second-order valence-electron chi connectivity index (χ2n) is 4.69. The minimum atomic E-state index is 0.742. The highest BCUT2D eigenvalue weighted by molar-refractivity contribution is 5.48. The maximum absolute atomic E-state index is 4.69. The second kappa shape index (κ2) is 5.89. The Labute approximate surface area is 104 Å². The minimum absolute atomic E-state index is 0.742. The van der Waals surface area contributed by atoms with Gasteiger partial charge in [0.1, 0.15) is 11.6 Å². The van der Waals surface area contributed by atoms with Gasteiger partial charge in [-0.05, 0) is 38.3 Å². The van der Waals surface area contributed by atoms with Gasteiger partial charge in [0.25, 0.3) is 0 Å². The third-order valence-corrected chi connectivity index (χ3v) is 3.13. The summed E-state index contributed by atoms with van der Waals surface area (Å²) >= 11 is 0. The molecule has 0 spiro atoms. The molecular formula is C14H23N3. The van der Waals surface area contributed by atoms with Crippen molar-refractivity contribution in [2.45, 2.75) is 45.6 Å². The number of unbranched alkanes of at least 4 members (excludes halogenated alkanes) is 1. The van der Waals surface area contributed by atoms with E-state index in [2.05, 4.69) is 36.2 Å². The van der Waals surface area contributed by atoms with Crippen molar-refractivity contribution in [1.82, 2.24) is 4.98 Å². The summed E-state index contributed by atoms with van der Waals surface area (Å²) < 4.78 is 0. The van der Waals surface area contributed by atoms with E-state index in [1.54, 1.807) is 0 Å². The smallest absolute Gasteiger partial charge is 0.131 e. The highest BCUT2D eigenvalue weighted by Crippen LogP contribution is 2.31. The maximum Gasteiger partial charge on any atom is 0.131 e. The summed E-state index contributed by atoms with van der Waals surface area (Å²) in [5.74, 6) is 2.13. The molecule has 1 heterocycles. The van der Waals surface area contributed by atoms with Gasteiger partial charge in [-0.2, -0.15) is 0 Å². The van der Waals surface area contributed by atoms with Gasteiger partial charge in [-0.25, -0.2) is 4.98 Å². The Morgan fingerprint density at radius 2 is 2.18 bits per heavy atom. The molecule has 0 aliphatic heterocycles. The van der Waals surface area contributed by atoms with E-state index in [4.69, 9.17) is 4.98 Å². The molecule has 17 heavy (non-hydrogen) atoms. The monoisotopic (exact) mass is 233 g/mol. The Balaban J connectivity index is 2.08. The third-order valence-electron chi connectivity index (χ3n) is 3.13. The number of hydrogen-bond acceptors (Lipinski definition) is 3. The van der Waals surface area contributed by atoms with Crippen LogP contribution in [0.2, 0.25) is 0 Å². The quantitative estimate of drug-likeness (QED) is 0.783. The first-order chi connectivity index (χ1) is 8.35. The van der Waals surface area contributed by atoms with Crippen molar-refractivity contribution in [2.75, 3.05) is 23.3 Å². The van der Waals surface area contributed by atoms with Crippen LogP contribution >= 0.6 is 0 Å². The van der Waals surface area contributed by atoms with Crippen molar-refractivity contribution in [3.63, 3.8) is 0 Å². The zero-order chi connectivity index (χ0) is 12.1. The second-order valence-corrected chi connectivity index (χ2v) is 4.69. The molecular weight excluding hydrogens is 210 g/mol. The molecule has 0 radical (unpaired) electrons. The largest absolute Gasteiger partial charge is 0.370 e. The molecule has 1 aromatic heterocycles. The Morgan fingerprint density at radius 3 is 2.82 bits per heavy atom. The number of anilines is 2. The van der Waals surface area contributed by atoms with E-state index in [0.717, 1.165) is 30.8 Å². The lowest BCUT2D eigenvalue weighted by Crippen LogP contribution is -2.27. The van der Waals surface area contributed by atoms with E-state index in [1.165, 1.54) is 25.7 Å². The molecule has 1 fully saturated rings. The van der Waals surface area contributed by atoms with Gasteiger partial charge in [0.15, 0.2) is 0 Å². The molecule has 0 bridgehead atoms. The van der Waals surface area contributed by atoms with Gasteiger partial charge in [-0.3, -0.25) is 0 Å². The van der Waals surface area contributed by atoms with E-state index >= 15 is 0 Å². The minimum Gasteiger partial charge on any atom is -0.370 e. The van der Waals surface area contributed by atoms with Gasteiger partial charge in [0.2, 0.25) is 0 Å². The Kier molecular flexibility index (Phi) is 4.24. The first kappa shape index (κ1) is 12.2. The van der Waals surface area contributed by atoms with Crippen LogP contribution in [-0.4, -0.2) is 24.1 Å². The van der Waals surface area contributed by atoms with Gasteiger partial charge >= 0.3 is 0 Å².